The molecule has 0 aliphatic carbocycles. The van der Waals surface area contributed by atoms with E-state index in [2.05, 4.69) is 21.3 Å². The standard InChI is InChI=1S/C31H44N6O5/c1-21(28(38)34-17-15-22-11-13-25(42-3)14-12-22)37-19-7-10-24(16-18-35-31(32)41)27(30(37)40)36-29(39)26(33-2)20-23-8-5-4-6-9-23/h4-6,8-9,11-14,21,24,26-27,33H,7,10,15-20H2,1-3H3,(H,34,38)(H,36,39)(H3,32,35,41)/t21-,24+,26+,27-/m0/s1. The lowest BCUT2D eigenvalue weighted by atomic mass is 9.91. The van der Waals surface area contributed by atoms with Crippen LogP contribution in [-0.2, 0) is 27.2 Å². The summed E-state index contributed by atoms with van der Waals surface area (Å²) in [5.41, 5.74) is 7.29. The summed E-state index contributed by atoms with van der Waals surface area (Å²) in [7, 11) is 3.32. The molecule has 0 radical (unpaired) electrons. The molecule has 0 spiro atoms. The Morgan fingerprint density at radius 1 is 1.00 bits per heavy atom. The van der Waals surface area contributed by atoms with Gasteiger partial charge in [-0.25, -0.2) is 4.79 Å². The topological polar surface area (TPSA) is 155 Å². The van der Waals surface area contributed by atoms with Crippen LogP contribution in [0.15, 0.2) is 54.6 Å². The first-order chi connectivity index (χ1) is 20.2. The summed E-state index contributed by atoms with van der Waals surface area (Å²) in [5, 5.41) is 11.6. The number of likely N-dealkylation sites (tertiary alicyclic amines) is 1. The first kappa shape index (κ1) is 32.4. The van der Waals surface area contributed by atoms with Crippen molar-refractivity contribution in [2.75, 3.05) is 33.8 Å². The highest BCUT2D eigenvalue weighted by Gasteiger charge is 2.39. The number of nitrogens with zero attached hydrogens (tertiary/aromatic N) is 1. The van der Waals surface area contributed by atoms with Gasteiger partial charge in [0.2, 0.25) is 17.7 Å². The molecule has 42 heavy (non-hydrogen) atoms. The molecular weight excluding hydrogens is 536 g/mol. The SMILES string of the molecule is CN[C@H](Cc1ccccc1)C(=O)N[C@@H]1C(=O)N([C@@H](C)C(=O)NCCc2ccc(OC)cc2)CCC[C@@H]1CCNC(N)=O. The van der Waals surface area contributed by atoms with Crippen LogP contribution in [-0.4, -0.2) is 80.6 Å². The molecule has 2 aromatic carbocycles. The Balaban J connectivity index is 1.69. The second-order valence-electron chi connectivity index (χ2n) is 10.6. The second kappa shape index (κ2) is 16.4. The maximum absolute atomic E-state index is 13.9. The van der Waals surface area contributed by atoms with E-state index in [1.807, 2.05) is 54.6 Å². The highest BCUT2D eigenvalue weighted by Crippen LogP contribution is 2.24. The van der Waals surface area contributed by atoms with Gasteiger partial charge in [0, 0.05) is 19.6 Å². The Morgan fingerprint density at radius 2 is 1.71 bits per heavy atom. The monoisotopic (exact) mass is 580 g/mol. The molecule has 2 aromatic rings. The van der Waals surface area contributed by atoms with Gasteiger partial charge < -0.3 is 36.6 Å². The first-order valence-corrected chi connectivity index (χ1v) is 14.5. The highest BCUT2D eigenvalue weighted by atomic mass is 16.5. The zero-order valence-corrected chi connectivity index (χ0v) is 24.7. The zero-order chi connectivity index (χ0) is 30.5. The summed E-state index contributed by atoms with van der Waals surface area (Å²) in [6.07, 6.45) is 2.84. The molecule has 1 saturated heterocycles. The van der Waals surface area contributed by atoms with Crippen molar-refractivity contribution < 1.29 is 23.9 Å². The predicted octanol–water partition coefficient (Wildman–Crippen LogP) is 1.35. The van der Waals surface area contributed by atoms with E-state index < -0.39 is 24.2 Å². The number of urea groups is 1. The number of nitrogens with one attached hydrogen (secondary N) is 4. The summed E-state index contributed by atoms with van der Waals surface area (Å²) in [4.78, 5) is 53.3. The van der Waals surface area contributed by atoms with E-state index in [-0.39, 0.29) is 30.2 Å². The van der Waals surface area contributed by atoms with E-state index in [0.29, 0.717) is 45.2 Å². The third-order valence-electron chi connectivity index (χ3n) is 7.77. The van der Waals surface area contributed by atoms with Crippen molar-refractivity contribution >= 4 is 23.8 Å². The number of likely N-dealkylation sites (N-methyl/N-ethyl adjacent to an activating group) is 1. The van der Waals surface area contributed by atoms with E-state index in [0.717, 1.165) is 16.9 Å². The van der Waals surface area contributed by atoms with Crippen molar-refractivity contribution in [1.29, 1.82) is 0 Å². The number of carbonyl (C=O) groups is 4. The minimum absolute atomic E-state index is 0.238. The number of hydrogen-bond acceptors (Lipinski definition) is 6. The van der Waals surface area contributed by atoms with Crippen molar-refractivity contribution in [2.24, 2.45) is 11.7 Å². The maximum atomic E-state index is 13.9. The zero-order valence-electron chi connectivity index (χ0n) is 24.7. The molecule has 228 valence electrons. The van der Waals surface area contributed by atoms with Crippen LogP contribution in [0.25, 0.3) is 0 Å². The molecule has 0 unspecified atom stereocenters. The number of hydrogen-bond donors (Lipinski definition) is 5. The third-order valence-corrected chi connectivity index (χ3v) is 7.77. The number of primary amides is 1. The van der Waals surface area contributed by atoms with Gasteiger partial charge >= 0.3 is 6.03 Å². The van der Waals surface area contributed by atoms with Gasteiger partial charge in [0.15, 0.2) is 0 Å². The first-order valence-electron chi connectivity index (χ1n) is 14.5. The van der Waals surface area contributed by atoms with E-state index in [4.69, 9.17) is 10.5 Å². The third kappa shape index (κ3) is 9.47. The molecule has 4 atom stereocenters. The Hall–Kier alpha value is -4.12. The average Bonchev–Trinajstić information content (AvgIpc) is 3.14. The van der Waals surface area contributed by atoms with Crippen molar-refractivity contribution in [1.82, 2.24) is 26.2 Å². The fraction of sp³-hybridized carbons (Fsp3) is 0.484. The number of carbonyl (C=O) groups excluding carboxylic acids is 4. The van der Waals surface area contributed by atoms with Gasteiger partial charge in [0.25, 0.3) is 0 Å². The minimum Gasteiger partial charge on any atom is -0.497 e. The Labute approximate surface area is 247 Å². The predicted molar refractivity (Wildman–Crippen MR) is 161 cm³/mol. The molecule has 1 heterocycles. The fourth-order valence-corrected chi connectivity index (χ4v) is 5.28. The highest BCUT2D eigenvalue weighted by molar-refractivity contribution is 5.93. The molecule has 5 amide bonds. The summed E-state index contributed by atoms with van der Waals surface area (Å²) in [5.74, 6) is -0.336. The van der Waals surface area contributed by atoms with Crippen LogP contribution < -0.4 is 31.7 Å². The van der Waals surface area contributed by atoms with Crippen LogP contribution in [0.2, 0.25) is 0 Å². The molecule has 1 aliphatic rings. The van der Waals surface area contributed by atoms with E-state index in [1.165, 1.54) is 0 Å². The molecular formula is C31H44N6O5. The van der Waals surface area contributed by atoms with Crippen LogP contribution in [0, 0.1) is 5.92 Å². The maximum Gasteiger partial charge on any atom is 0.312 e. The molecule has 0 saturated carbocycles. The van der Waals surface area contributed by atoms with E-state index in [1.54, 1.807) is 26.0 Å². The molecule has 1 aliphatic heterocycles. The van der Waals surface area contributed by atoms with Crippen LogP contribution >= 0.6 is 0 Å². The fourth-order valence-electron chi connectivity index (χ4n) is 5.28. The smallest absolute Gasteiger partial charge is 0.312 e. The minimum atomic E-state index is -0.851. The lowest BCUT2D eigenvalue weighted by molar-refractivity contribution is -0.143. The lowest BCUT2D eigenvalue weighted by Gasteiger charge is -2.32. The number of benzene rings is 2. The second-order valence-corrected chi connectivity index (χ2v) is 10.6. The lowest BCUT2D eigenvalue weighted by Crippen LogP contribution is -2.58. The van der Waals surface area contributed by atoms with E-state index >= 15 is 0 Å². The van der Waals surface area contributed by atoms with Gasteiger partial charge in [-0.05, 0) is 75.3 Å². The molecule has 0 bridgehead atoms. The van der Waals surface area contributed by atoms with Crippen LogP contribution in [0.1, 0.15) is 37.3 Å². The number of amides is 5. The van der Waals surface area contributed by atoms with E-state index in [9.17, 15) is 19.2 Å². The Kier molecular flexibility index (Phi) is 12.6. The summed E-state index contributed by atoms with van der Waals surface area (Å²) in [6.45, 7) is 2.79. The van der Waals surface area contributed by atoms with Crippen molar-refractivity contribution in [3.63, 3.8) is 0 Å². The summed E-state index contributed by atoms with van der Waals surface area (Å²) < 4.78 is 5.19. The van der Waals surface area contributed by atoms with Crippen LogP contribution in [0.4, 0.5) is 4.79 Å². The molecule has 6 N–H and O–H groups in total. The summed E-state index contributed by atoms with van der Waals surface area (Å²) in [6, 6.07) is 14.5. The largest absolute Gasteiger partial charge is 0.497 e. The number of rotatable bonds is 14. The van der Waals surface area contributed by atoms with Gasteiger partial charge in [-0.1, -0.05) is 42.5 Å². The van der Waals surface area contributed by atoms with Gasteiger partial charge in [-0.2, -0.15) is 0 Å². The van der Waals surface area contributed by atoms with Crippen molar-refractivity contribution in [3.05, 3.63) is 65.7 Å². The summed E-state index contributed by atoms with van der Waals surface area (Å²) >= 11 is 0. The van der Waals surface area contributed by atoms with Crippen molar-refractivity contribution in [3.8, 4) is 5.75 Å². The Morgan fingerprint density at radius 3 is 2.36 bits per heavy atom. The van der Waals surface area contributed by atoms with Crippen LogP contribution in [0.5, 0.6) is 5.75 Å². The molecule has 1 fully saturated rings. The van der Waals surface area contributed by atoms with Gasteiger partial charge in [0.1, 0.15) is 17.8 Å². The molecule has 3 rings (SSSR count). The normalized spacial score (nSPS) is 18.4. The number of nitrogens with two attached hydrogens (primary N) is 1. The molecule has 0 aromatic heterocycles. The quantitative estimate of drug-likeness (QED) is 0.227. The number of ether oxygens (including phenoxy) is 1. The average molecular weight is 581 g/mol. The number of methoxy groups -OCH3 is 1. The van der Waals surface area contributed by atoms with Gasteiger partial charge in [-0.15, -0.1) is 0 Å². The Bertz CT molecular complexity index is 1180. The van der Waals surface area contributed by atoms with Gasteiger partial charge in [-0.3, -0.25) is 14.4 Å². The van der Waals surface area contributed by atoms with Crippen LogP contribution in [0.3, 0.4) is 0 Å². The molecule has 11 nitrogen and oxygen atoms in total. The van der Waals surface area contributed by atoms with Crippen molar-refractivity contribution in [2.45, 2.75) is 57.2 Å². The molecule has 11 heteroatoms. The van der Waals surface area contributed by atoms with Gasteiger partial charge in [0.05, 0.1) is 13.2 Å².